The number of aliphatic hydroxyl groups is 3. The first-order valence-electron chi connectivity index (χ1n) is 10.6. The molecule has 0 unspecified atom stereocenters. The number of rotatable bonds is 7. The minimum Gasteiger partial charge on any atom is -0.443 e. The quantitative estimate of drug-likeness (QED) is 0.447. The molecule has 0 radical (unpaired) electrons. The Morgan fingerprint density at radius 1 is 1.26 bits per heavy atom. The smallest absolute Gasteiger partial charge is 0.443 e. The van der Waals surface area contributed by atoms with Gasteiger partial charge in [-0.25, -0.2) is 9.18 Å². The molecule has 188 valence electrons. The highest BCUT2D eigenvalue weighted by atomic mass is 79.9. The van der Waals surface area contributed by atoms with Gasteiger partial charge in [0, 0.05) is 28.2 Å². The molecule has 1 aliphatic rings. The molecule has 3 N–H and O–H groups in total. The lowest BCUT2D eigenvalue weighted by atomic mass is 9.99. The van der Waals surface area contributed by atoms with Gasteiger partial charge >= 0.3 is 6.16 Å². The molecule has 2 aromatic rings. The molecular formula is C22H28BrFN2O8. The van der Waals surface area contributed by atoms with E-state index in [1.807, 2.05) is 20.8 Å². The van der Waals surface area contributed by atoms with E-state index >= 15 is 0 Å². The third-order valence-electron chi connectivity index (χ3n) is 5.54. The summed E-state index contributed by atoms with van der Waals surface area (Å²) in [6.07, 6.45) is -8.34. The van der Waals surface area contributed by atoms with Crippen LogP contribution in [0, 0.1) is 12.7 Å². The number of aromatic nitrogens is 2. The topological polar surface area (TPSA) is 132 Å². The fraction of sp³-hybridized carbons (Fsp3) is 0.545. The number of methoxy groups -OCH3 is 1. The lowest BCUT2D eigenvalue weighted by molar-refractivity contribution is -0.278. The standard InChI is InChI=1S/C22H28BrFN2O8/c1-10(2)26-11(3)14(7-12-5-6-13(23)8-15(12)24)20(25-26)34-21-19(29)18(28)17(27)16(33-21)9-32-22(30)31-4/h5-6,8,10,16-19,21,27-29H,7,9H2,1-4H3/t16-,17-,18+,19-,21+/m1/s1. The molecule has 3 rings (SSSR count). The second-order valence-corrected chi connectivity index (χ2v) is 9.13. The van der Waals surface area contributed by atoms with Crippen LogP contribution in [0.2, 0.25) is 0 Å². The third kappa shape index (κ3) is 5.69. The van der Waals surface area contributed by atoms with Gasteiger partial charge in [0.15, 0.2) is 0 Å². The summed E-state index contributed by atoms with van der Waals surface area (Å²) < 4.78 is 37.5. The first-order valence-corrected chi connectivity index (χ1v) is 11.4. The van der Waals surface area contributed by atoms with E-state index in [1.54, 1.807) is 16.8 Å². The van der Waals surface area contributed by atoms with Gasteiger partial charge in [-0.2, -0.15) is 0 Å². The molecule has 34 heavy (non-hydrogen) atoms. The molecule has 1 fully saturated rings. The maximum Gasteiger partial charge on any atom is 0.508 e. The van der Waals surface area contributed by atoms with Crippen LogP contribution in [0.4, 0.5) is 9.18 Å². The van der Waals surface area contributed by atoms with Crippen molar-refractivity contribution in [2.24, 2.45) is 0 Å². The number of ether oxygens (including phenoxy) is 4. The zero-order valence-corrected chi connectivity index (χ0v) is 20.7. The van der Waals surface area contributed by atoms with Crippen LogP contribution in [-0.4, -0.2) is 75.7 Å². The highest BCUT2D eigenvalue weighted by Gasteiger charge is 2.46. The van der Waals surface area contributed by atoms with Crippen molar-refractivity contribution in [2.75, 3.05) is 13.7 Å². The van der Waals surface area contributed by atoms with Crippen LogP contribution in [0.25, 0.3) is 0 Å². The molecule has 1 aliphatic heterocycles. The molecule has 0 saturated carbocycles. The Kier molecular flexibility index (Phi) is 8.52. The largest absolute Gasteiger partial charge is 0.508 e. The number of aliphatic hydroxyl groups excluding tert-OH is 3. The molecule has 1 aromatic heterocycles. The van der Waals surface area contributed by atoms with Crippen molar-refractivity contribution < 1.29 is 43.5 Å². The maximum atomic E-state index is 14.5. The van der Waals surface area contributed by atoms with E-state index in [0.29, 0.717) is 15.6 Å². The van der Waals surface area contributed by atoms with Gasteiger partial charge in [-0.1, -0.05) is 22.0 Å². The average molecular weight is 547 g/mol. The van der Waals surface area contributed by atoms with Crippen LogP contribution in [0.1, 0.15) is 36.7 Å². The monoisotopic (exact) mass is 546 g/mol. The summed E-state index contributed by atoms with van der Waals surface area (Å²) in [6, 6.07) is 4.67. The SMILES string of the molecule is COC(=O)OC[C@H]1O[C@@H](Oc2nn(C(C)C)c(C)c2Cc2ccc(Br)cc2F)[C@H](O)[C@@H](O)[C@@H]1O. The number of benzene rings is 1. The second-order valence-electron chi connectivity index (χ2n) is 8.22. The Morgan fingerprint density at radius 2 is 1.97 bits per heavy atom. The van der Waals surface area contributed by atoms with Crippen molar-refractivity contribution in [2.45, 2.75) is 63.9 Å². The van der Waals surface area contributed by atoms with E-state index in [0.717, 1.165) is 12.8 Å². The number of carbonyl (C=O) groups is 1. The number of hydrogen-bond donors (Lipinski definition) is 3. The van der Waals surface area contributed by atoms with Crippen molar-refractivity contribution in [1.29, 1.82) is 0 Å². The van der Waals surface area contributed by atoms with Crippen molar-refractivity contribution in [3.8, 4) is 5.88 Å². The van der Waals surface area contributed by atoms with Crippen LogP contribution in [0.3, 0.4) is 0 Å². The summed E-state index contributed by atoms with van der Waals surface area (Å²) >= 11 is 3.24. The summed E-state index contributed by atoms with van der Waals surface area (Å²) in [7, 11) is 1.12. The van der Waals surface area contributed by atoms with Gasteiger partial charge in [0.25, 0.3) is 0 Å². The minimum atomic E-state index is -1.65. The maximum absolute atomic E-state index is 14.5. The van der Waals surface area contributed by atoms with E-state index < -0.39 is 49.3 Å². The summed E-state index contributed by atoms with van der Waals surface area (Å²) in [4.78, 5) is 11.3. The normalized spacial score (nSPS) is 24.8. The average Bonchev–Trinajstić information content (AvgIpc) is 3.10. The fourth-order valence-corrected chi connectivity index (χ4v) is 3.99. The molecule has 5 atom stereocenters. The lowest BCUT2D eigenvalue weighted by Crippen LogP contribution is -2.60. The van der Waals surface area contributed by atoms with E-state index in [1.165, 1.54) is 6.07 Å². The first kappa shape index (κ1) is 26.4. The Hall–Kier alpha value is -2.25. The minimum absolute atomic E-state index is 0.0447. The van der Waals surface area contributed by atoms with Crippen molar-refractivity contribution in [1.82, 2.24) is 9.78 Å². The van der Waals surface area contributed by atoms with Crippen molar-refractivity contribution in [3.63, 3.8) is 0 Å². The second kappa shape index (κ2) is 11.0. The van der Waals surface area contributed by atoms with Crippen LogP contribution in [-0.2, 0) is 20.6 Å². The van der Waals surface area contributed by atoms with Gasteiger partial charge < -0.3 is 34.3 Å². The highest BCUT2D eigenvalue weighted by molar-refractivity contribution is 9.10. The zero-order chi connectivity index (χ0) is 25.2. The molecule has 1 aromatic carbocycles. The van der Waals surface area contributed by atoms with E-state index in [2.05, 4.69) is 25.8 Å². The molecule has 1 saturated heterocycles. The van der Waals surface area contributed by atoms with Gasteiger partial charge in [0.2, 0.25) is 12.2 Å². The van der Waals surface area contributed by atoms with Gasteiger partial charge in [-0.05, 0) is 38.5 Å². The summed E-state index contributed by atoms with van der Waals surface area (Å²) in [5.74, 6) is -0.335. The molecule has 2 heterocycles. The van der Waals surface area contributed by atoms with E-state index in [4.69, 9.17) is 14.2 Å². The fourth-order valence-electron chi connectivity index (χ4n) is 3.65. The number of carbonyl (C=O) groups excluding carboxylic acids is 1. The van der Waals surface area contributed by atoms with E-state index in [9.17, 15) is 24.5 Å². The Morgan fingerprint density at radius 3 is 2.59 bits per heavy atom. The third-order valence-corrected chi connectivity index (χ3v) is 6.03. The molecule has 0 amide bonds. The highest BCUT2D eigenvalue weighted by Crippen LogP contribution is 2.31. The predicted octanol–water partition coefficient (Wildman–Crippen LogP) is 2.23. The molecule has 0 spiro atoms. The molecular weight excluding hydrogens is 519 g/mol. The van der Waals surface area contributed by atoms with E-state index in [-0.39, 0.29) is 18.3 Å². The van der Waals surface area contributed by atoms with Crippen molar-refractivity contribution >= 4 is 22.1 Å². The summed E-state index contributed by atoms with van der Waals surface area (Å²) in [6.45, 7) is 5.20. The first-order chi connectivity index (χ1) is 16.0. The van der Waals surface area contributed by atoms with Crippen LogP contribution >= 0.6 is 15.9 Å². The predicted molar refractivity (Wildman–Crippen MR) is 120 cm³/mol. The molecule has 10 nitrogen and oxygen atoms in total. The van der Waals surface area contributed by atoms with Gasteiger partial charge in [-0.15, -0.1) is 5.10 Å². The Bertz CT molecular complexity index is 1020. The zero-order valence-electron chi connectivity index (χ0n) is 19.1. The molecule has 12 heteroatoms. The van der Waals surface area contributed by atoms with Crippen molar-refractivity contribution in [3.05, 3.63) is 45.3 Å². The Labute approximate surface area is 204 Å². The van der Waals surface area contributed by atoms with Gasteiger partial charge in [-0.3, -0.25) is 4.68 Å². The molecule has 0 aliphatic carbocycles. The number of halogens is 2. The lowest BCUT2D eigenvalue weighted by Gasteiger charge is -2.39. The Balaban J connectivity index is 1.89. The van der Waals surface area contributed by atoms with Crippen LogP contribution in [0.5, 0.6) is 5.88 Å². The van der Waals surface area contributed by atoms with Gasteiger partial charge in [0.1, 0.15) is 36.8 Å². The number of nitrogens with zero attached hydrogens (tertiary/aromatic N) is 2. The molecule has 0 bridgehead atoms. The summed E-state index contributed by atoms with van der Waals surface area (Å²) in [5.41, 5.74) is 1.70. The van der Waals surface area contributed by atoms with Crippen LogP contribution < -0.4 is 4.74 Å². The van der Waals surface area contributed by atoms with Crippen LogP contribution in [0.15, 0.2) is 22.7 Å². The summed E-state index contributed by atoms with van der Waals surface area (Å²) in [5, 5.41) is 35.4. The number of hydrogen-bond acceptors (Lipinski definition) is 9. The van der Waals surface area contributed by atoms with Gasteiger partial charge in [0.05, 0.1) is 7.11 Å².